The Balaban J connectivity index is 1.52. The number of nitrogens with two attached hydrogens (primary N) is 1. The van der Waals surface area contributed by atoms with Crippen molar-refractivity contribution in [1.29, 1.82) is 0 Å². The van der Waals surface area contributed by atoms with Crippen LogP contribution in [0.5, 0.6) is 17.2 Å². The van der Waals surface area contributed by atoms with Crippen LogP contribution < -0.4 is 15.2 Å². The van der Waals surface area contributed by atoms with Crippen molar-refractivity contribution in [3.63, 3.8) is 0 Å². The summed E-state index contributed by atoms with van der Waals surface area (Å²) >= 11 is 1.00. The summed E-state index contributed by atoms with van der Waals surface area (Å²) in [5.41, 5.74) is 0.951. The van der Waals surface area contributed by atoms with Crippen molar-refractivity contribution in [2.24, 2.45) is 0 Å². The quantitative estimate of drug-likeness (QED) is 0.142. The number of alkyl halides is 6. The average molecular weight is 645 g/mol. The second-order valence-corrected chi connectivity index (χ2v) is 10.1. The van der Waals surface area contributed by atoms with Gasteiger partial charge in [0.1, 0.15) is 22.4 Å². The van der Waals surface area contributed by atoms with Crippen LogP contribution in [0.4, 0.5) is 45.2 Å². The average Bonchev–Trinajstić information content (AvgIpc) is 3.45. The molecule has 2 N–H and O–H groups in total. The van der Waals surface area contributed by atoms with Gasteiger partial charge in [-0.15, -0.1) is 11.3 Å². The molecule has 2 heterocycles. The number of methoxy groups -OCH3 is 1. The minimum absolute atomic E-state index is 0.0260. The number of hydrogen-bond donors (Lipinski definition) is 1. The third-order valence-electron chi connectivity index (χ3n) is 6.54. The molecular weight excluding hydrogens is 627 g/mol. The summed E-state index contributed by atoms with van der Waals surface area (Å²) in [6, 6.07) is 5.69. The number of aromatic nitrogens is 3. The van der Waals surface area contributed by atoms with E-state index in [1.165, 1.54) is 30.8 Å². The normalized spacial score (nSPS) is 12.1. The van der Waals surface area contributed by atoms with Crippen molar-refractivity contribution in [1.82, 2.24) is 15.0 Å². The van der Waals surface area contributed by atoms with Gasteiger partial charge in [0.05, 0.1) is 29.4 Å². The minimum Gasteiger partial charge on any atom is -0.493 e. The number of nitrogens with zero attached hydrogens (tertiary/aromatic N) is 3. The Morgan fingerprint density at radius 1 is 0.818 bits per heavy atom. The van der Waals surface area contributed by atoms with Crippen LogP contribution in [0.2, 0.25) is 0 Å². The third kappa shape index (κ3) is 5.80. The molecule has 16 heteroatoms. The summed E-state index contributed by atoms with van der Waals surface area (Å²) in [5.74, 6) is -5.44. The smallest absolute Gasteiger partial charge is 0.419 e. The SMILES string of the molecule is COc1cc(CCc2c(F)c(F)c(N)c(C(F)(F)F)c2-c2ncnc3scnc23)ccc1Oc1ccc(C(F)(F)F)cc1F. The molecule has 0 saturated carbocycles. The van der Waals surface area contributed by atoms with E-state index in [0.29, 0.717) is 11.6 Å². The Labute approximate surface area is 245 Å². The van der Waals surface area contributed by atoms with Crippen LogP contribution in [0.1, 0.15) is 22.3 Å². The fourth-order valence-electron chi connectivity index (χ4n) is 4.52. The second kappa shape index (κ2) is 11.5. The predicted molar refractivity (Wildman–Crippen MR) is 142 cm³/mol. The van der Waals surface area contributed by atoms with Gasteiger partial charge in [-0.2, -0.15) is 26.3 Å². The molecule has 230 valence electrons. The van der Waals surface area contributed by atoms with Crippen LogP contribution in [0.25, 0.3) is 21.6 Å². The molecule has 0 amide bonds. The van der Waals surface area contributed by atoms with E-state index in [9.17, 15) is 35.1 Å². The Kier molecular flexibility index (Phi) is 8.05. The number of nitrogen functional groups attached to an aromatic ring is 1. The summed E-state index contributed by atoms with van der Waals surface area (Å²) < 4.78 is 136. The van der Waals surface area contributed by atoms with Crippen molar-refractivity contribution >= 4 is 27.4 Å². The van der Waals surface area contributed by atoms with E-state index < -0.39 is 69.9 Å². The van der Waals surface area contributed by atoms with Gasteiger partial charge in [0.15, 0.2) is 34.7 Å². The first-order valence-corrected chi connectivity index (χ1v) is 13.2. The highest BCUT2D eigenvalue weighted by Crippen LogP contribution is 2.46. The molecule has 0 radical (unpaired) electrons. The van der Waals surface area contributed by atoms with Gasteiger partial charge >= 0.3 is 12.4 Å². The molecule has 0 fully saturated rings. The summed E-state index contributed by atoms with van der Waals surface area (Å²) in [6.07, 6.45) is -9.65. The standard InChI is InChI=1S/C28H17F9N4O2S/c1-42-18-8-12(3-6-17(18)43-16-7-4-13(9-15(16)29)27(32,33)34)2-5-14-19(24-25-26(40-10-39-24)44-11-41-25)20(28(35,36)37)23(38)22(31)21(14)30/h3-4,6-11H,2,5,38H2,1H3. The maximum absolute atomic E-state index is 15.4. The zero-order chi connectivity index (χ0) is 32.0. The minimum atomic E-state index is -5.20. The van der Waals surface area contributed by atoms with Crippen molar-refractivity contribution in [3.8, 4) is 28.5 Å². The lowest BCUT2D eigenvalue weighted by Gasteiger charge is -2.21. The first kappa shape index (κ1) is 30.8. The summed E-state index contributed by atoms with van der Waals surface area (Å²) in [4.78, 5) is 12.1. The van der Waals surface area contributed by atoms with Gasteiger partial charge in [-0.1, -0.05) is 6.07 Å². The van der Waals surface area contributed by atoms with Gasteiger partial charge in [0.25, 0.3) is 0 Å². The second-order valence-electron chi connectivity index (χ2n) is 9.23. The summed E-state index contributed by atoms with van der Waals surface area (Å²) in [5, 5.41) is 0. The van der Waals surface area contributed by atoms with Crippen molar-refractivity contribution in [2.45, 2.75) is 25.2 Å². The Hall–Kier alpha value is -4.60. The molecular formula is C28H17F9N4O2S. The number of halogens is 9. The number of hydrogen-bond acceptors (Lipinski definition) is 7. The molecule has 5 aromatic rings. The molecule has 0 aliphatic heterocycles. The number of benzene rings is 3. The molecule has 0 aliphatic carbocycles. The van der Waals surface area contributed by atoms with Crippen molar-refractivity contribution in [2.75, 3.05) is 12.8 Å². The molecule has 0 bridgehead atoms. The van der Waals surface area contributed by atoms with Gasteiger partial charge < -0.3 is 15.2 Å². The van der Waals surface area contributed by atoms with E-state index in [1.807, 2.05) is 0 Å². The van der Waals surface area contributed by atoms with Crippen LogP contribution in [-0.2, 0) is 25.2 Å². The van der Waals surface area contributed by atoms with Crippen LogP contribution in [0, 0.1) is 17.5 Å². The predicted octanol–water partition coefficient (Wildman–Crippen LogP) is 8.38. The molecule has 5 rings (SSSR count). The number of anilines is 1. The molecule has 0 saturated heterocycles. The van der Waals surface area contributed by atoms with Gasteiger partial charge in [0.2, 0.25) is 0 Å². The maximum atomic E-state index is 15.4. The van der Waals surface area contributed by atoms with E-state index in [0.717, 1.165) is 23.7 Å². The molecule has 0 atom stereocenters. The highest BCUT2D eigenvalue weighted by atomic mass is 32.1. The Morgan fingerprint density at radius 3 is 2.20 bits per heavy atom. The molecule has 3 aromatic carbocycles. The maximum Gasteiger partial charge on any atom is 0.419 e. The molecule has 6 nitrogen and oxygen atoms in total. The topological polar surface area (TPSA) is 83.2 Å². The summed E-state index contributed by atoms with van der Waals surface area (Å²) in [7, 11) is 1.21. The van der Waals surface area contributed by atoms with E-state index >= 15 is 4.39 Å². The summed E-state index contributed by atoms with van der Waals surface area (Å²) in [6.45, 7) is 0. The molecule has 0 unspecified atom stereocenters. The van der Waals surface area contributed by atoms with Crippen LogP contribution in [-0.4, -0.2) is 22.1 Å². The molecule has 0 spiro atoms. The molecule has 0 aliphatic rings. The highest BCUT2D eigenvalue weighted by Gasteiger charge is 2.41. The number of thiazole rings is 1. The van der Waals surface area contributed by atoms with Crippen LogP contribution >= 0.6 is 11.3 Å². The molecule has 2 aromatic heterocycles. The van der Waals surface area contributed by atoms with Gasteiger partial charge in [-0.3, -0.25) is 0 Å². The largest absolute Gasteiger partial charge is 0.493 e. The van der Waals surface area contributed by atoms with Crippen LogP contribution in [0.3, 0.4) is 0 Å². The Morgan fingerprint density at radius 2 is 1.55 bits per heavy atom. The van der Waals surface area contributed by atoms with Gasteiger partial charge in [-0.05, 0) is 48.7 Å². The fourth-order valence-corrected chi connectivity index (χ4v) is 5.15. The number of fused-ring (bicyclic) bond motifs is 1. The van der Waals surface area contributed by atoms with Crippen LogP contribution in [0.15, 0.2) is 48.2 Å². The number of aryl methyl sites for hydroxylation is 1. The number of ether oxygens (including phenoxy) is 2. The van der Waals surface area contributed by atoms with E-state index in [4.69, 9.17) is 15.2 Å². The Bertz CT molecular complexity index is 1870. The van der Waals surface area contributed by atoms with Crippen molar-refractivity contribution in [3.05, 3.63) is 87.9 Å². The van der Waals surface area contributed by atoms with Crippen molar-refractivity contribution < 1.29 is 49.0 Å². The first-order chi connectivity index (χ1) is 20.7. The number of rotatable bonds is 7. The monoisotopic (exact) mass is 644 g/mol. The van der Waals surface area contributed by atoms with Gasteiger partial charge in [-0.25, -0.2) is 28.1 Å². The third-order valence-corrected chi connectivity index (χ3v) is 7.27. The highest BCUT2D eigenvalue weighted by molar-refractivity contribution is 7.16. The van der Waals surface area contributed by atoms with E-state index in [2.05, 4.69) is 15.0 Å². The zero-order valence-electron chi connectivity index (χ0n) is 22.1. The zero-order valence-corrected chi connectivity index (χ0v) is 22.9. The fraction of sp³-hybridized carbons (Fsp3) is 0.179. The lowest BCUT2D eigenvalue weighted by molar-refractivity contribution is -0.138. The van der Waals surface area contributed by atoms with E-state index in [1.54, 1.807) is 0 Å². The lowest BCUT2D eigenvalue weighted by atomic mass is 9.90. The van der Waals surface area contributed by atoms with Gasteiger partial charge in [0, 0.05) is 11.1 Å². The van der Waals surface area contributed by atoms with E-state index in [-0.39, 0.29) is 40.0 Å². The first-order valence-electron chi connectivity index (χ1n) is 12.3. The molecule has 44 heavy (non-hydrogen) atoms. The lowest BCUT2D eigenvalue weighted by Crippen LogP contribution is -2.17.